The third-order valence-electron chi connectivity index (χ3n) is 5.08. The van der Waals surface area contributed by atoms with E-state index >= 15 is 0 Å². The minimum Gasteiger partial charge on any atom is -0.497 e. The summed E-state index contributed by atoms with van der Waals surface area (Å²) in [6.07, 6.45) is -4.40. The fourth-order valence-electron chi connectivity index (χ4n) is 3.82. The van der Waals surface area contributed by atoms with Gasteiger partial charge in [-0.05, 0) is 37.6 Å². The maximum atomic E-state index is 13.7. The fraction of sp³-hybridized carbons (Fsp3) is 0.647. The van der Waals surface area contributed by atoms with Crippen LogP contribution >= 0.6 is 0 Å². The minimum atomic E-state index is -4.37. The highest BCUT2D eigenvalue weighted by molar-refractivity contribution is 5.54. The van der Waals surface area contributed by atoms with Crippen LogP contribution in [0.25, 0.3) is 0 Å². The smallest absolute Gasteiger partial charge is 0.408 e. The van der Waals surface area contributed by atoms with E-state index in [9.17, 15) is 13.2 Å². The van der Waals surface area contributed by atoms with Crippen LogP contribution in [0.15, 0.2) is 24.3 Å². The van der Waals surface area contributed by atoms with Crippen LogP contribution in [0.3, 0.4) is 0 Å². The van der Waals surface area contributed by atoms with E-state index in [4.69, 9.17) is 19.2 Å². The Morgan fingerprint density at radius 3 is 2.48 bits per heavy atom. The van der Waals surface area contributed by atoms with Crippen LogP contribution in [0.4, 0.5) is 18.9 Å². The number of nitrogens with zero attached hydrogens (tertiary/aromatic N) is 1. The van der Waals surface area contributed by atoms with E-state index in [1.165, 1.54) is 12.0 Å². The van der Waals surface area contributed by atoms with Crippen molar-refractivity contribution in [3.8, 4) is 5.75 Å². The molecule has 1 aromatic rings. The second kappa shape index (κ2) is 6.66. The van der Waals surface area contributed by atoms with Gasteiger partial charge >= 0.3 is 6.18 Å². The molecule has 4 atom stereocenters. The van der Waals surface area contributed by atoms with Crippen molar-refractivity contribution in [1.29, 1.82) is 0 Å². The molecule has 2 saturated heterocycles. The van der Waals surface area contributed by atoms with E-state index in [1.54, 1.807) is 38.3 Å². The highest BCUT2D eigenvalue weighted by atomic mass is 19.4. The number of rotatable bonds is 5. The summed E-state index contributed by atoms with van der Waals surface area (Å²) in [6.45, 7) is 2.06. The van der Waals surface area contributed by atoms with Gasteiger partial charge in [-0.15, -0.1) is 0 Å². The van der Waals surface area contributed by atoms with Gasteiger partial charge in [0.2, 0.25) is 0 Å². The zero-order chi connectivity index (χ0) is 18.2. The van der Waals surface area contributed by atoms with E-state index in [-0.39, 0.29) is 6.42 Å². The zero-order valence-electron chi connectivity index (χ0n) is 14.4. The lowest BCUT2D eigenvalue weighted by Crippen LogP contribution is -2.52. The fourth-order valence-corrected chi connectivity index (χ4v) is 3.82. The molecule has 0 saturated carbocycles. The predicted octanol–water partition coefficient (Wildman–Crippen LogP) is 3.54. The molecule has 3 rings (SSSR count). The molecule has 0 spiro atoms. The van der Waals surface area contributed by atoms with E-state index in [0.29, 0.717) is 24.5 Å². The molecule has 25 heavy (non-hydrogen) atoms. The molecule has 0 N–H and O–H groups in total. The number of ether oxygens (including phenoxy) is 2. The van der Waals surface area contributed by atoms with E-state index in [2.05, 4.69) is 0 Å². The number of alkyl halides is 3. The van der Waals surface area contributed by atoms with Crippen molar-refractivity contribution in [3.05, 3.63) is 24.3 Å². The Balaban J connectivity index is 1.94. The predicted molar refractivity (Wildman–Crippen MR) is 84.3 cm³/mol. The number of fused-ring (bicyclic) bond motifs is 1. The first-order valence-corrected chi connectivity index (χ1v) is 8.14. The molecule has 0 radical (unpaired) electrons. The Hall–Kier alpha value is -1.51. The first-order valence-electron chi connectivity index (χ1n) is 8.14. The summed E-state index contributed by atoms with van der Waals surface area (Å²) >= 11 is 0. The van der Waals surface area contributed by atoms with Gasteiger partial charge in [-0.2, -0.15) is 13.2 Å². The Morgan fingerprint density at radius 2 is 1.92 bits per heavy atom. The van der Waals surface area contributed by atoms with Gasteiger partial charge in [0.15, 0.2) is 5.72 Å². The molecule has 0 aliphatic carbocycles. The molecular weight excluding hydrogens is 339 g/mol. The van der Waals surface area contributed by atoms with Crippen molar-refractivity contribution in [1.82, 2.24) is 0 Å². The molecule has 0 aromatic heterocycles. The van der Waals surface area contributed by atoms with Crippen LogP contribution in [-0.2, 0) is 14.5 Å². The summed E-state index contributed by atoms with van der Waals surface area (Å²) in [5.74, 6) is 0.172. The van der Waals surface area contributed by atoms with Crippen molar-refractivity contribution < 1.29 is 32.4 Å². The summed E-state index contributed by atoms with van der Waals surface area (Å²) < 4.78 is 51.3. The largest absolute Gasteiger partial charge is 0.497 e. The number of anilines is 1. The number of methoxy groups -OCH3 is 2. The van der Waals surface area contributed by atoms with Crippen molar-refractivity contribution >= 4 is 5.69 Å². The lowest BCUT2D eigenvalue weighted by atomic mass is 9.90. The molecule has 140 valence electrons. The first kappa shape index (κ1) is 18.3. The van der Waals surface area contributed by atoms with Gasteiger partial charge in [0.05, 0.1) is 7.11 Å². The number of halogens is 3. The topological polar surface area (TPSA) is 40.2 Å². The average Bonchev–Trinajstić information content (AvgIpc) is 3.05. The Labute approximate surface area is 144 Å². The maximum absolute atomic E-state index is 13.7. The molecular formula is C17H22F3NO4. The van der Waals surface area contributed by atoms with Gasteiger partial charge in [-0.3, -0.25) is 0 Å². The third kappa shape index (κ3) is 3.18. The van der Waals surface area contributed by atoms with Crippen LogP contribution < -0.4 is 9.64 Å². The van der Waals surface area contributed by atoms with Gasteiger partial charge in [0.1, 0.15) is 17.9 Å². The number of hydrogen-bond donors (Lipinski definition) is 0. The summed E-state index contributed by atoms with van der Waals surface area (Å²) in [5.41, 5.74) is -0.767. The molecule has 2 fully saturated rings. The van der Waals surface area contributed by atoms with Crippen molar-refractivity contribution in [2.24, 2.45) is 5.92 Å². The van der Waals surface area contributed by atoms with Crippen molar-refractivity contribution in [3.63, 3.8) is 0 Å². The lowest BCUT2D eigenvalue weighted by molar-refractivity contribution is -0.325. The molecule has 5 nitrogen and oxygen atoms in total. The Kier molecular flexibility index (Phi) is 4.87. The number of benzene rings is 1. The van der Waals surface area contributed by atoms with Gasteiger partial charge in [-0.25, -0.2) is 9.78 Å². The second-order valence-electron chi connectivity index (χ2n) is 6.52. The maximum Gasteiger partial charge on any atom is 0.408 e. The van der Waals surface area contributed by atoms with Crippen LogP contribution in [0, 0.1) is 5.92 Å². The van der Waals surface area contributed by atoms with Crippen LogP contribution in [0.1, 0.15) is 19.8 Å². The third-order valence-corrected chi connectivity index (χ3v) is 5.08. The summed E-state index contributed by atoms with van der Waals surface area (Å²) in [5, 5.41) is 0. The van der Waals surface area contributed by atoms with Gasteiger partial charge in [-0.1, -0.05) is 0 Å². The minimum absolute atomic E-state index is 0.0829. The standard InChI is InChI=1S/C17H22F3NO4/c1-16-13(14(24-25-16)8-9-22-2)10-15(17(18,19)20)21(16)11-4-6-12(23-3)7-5-11/h4-7,13-15H,8-10H2,1-3H3/t13-,14+,15-,16+/m0/s1. The molecule has 1 aromatic carbocycles. The van der Waals surface area contributed by atoms with Crippen molar-refractivity contribution in [2.45, 2.75) is 43.8 Å². The Bertz CT molecular complexity index is 595. The first-order chi connectivity index (χ1) is 11.8. The quantitative estimate of drug-likeness (QED) is 0.751. The molecule has 2 aliphatic heterocycles. The summed E-state index contributed by atoms with van der Waals surface area (Å²) in [4.78, 5) is 12.1. The van der Waals surface area contributed by atoms with E-state index in [1.807, 2.05) is 0 Å². The van der Waals surface area contributed by atoms with Gasteiger partial charge in [0, 0.05) is 31.7 Å². The van der Waals surface area contributed by atoms with Crippen LogP contribution in [-0.4, -0.2) is 44.9 Å². The SMILES string of the molecule is COCC[C@H]1OO[C@]2(C)[C@H]1C[C@@H](C(F)(F)F)N2c1ccc(OC)cc1. The molecule has 0 amide bonds. The molecule has 2 heterocycles. The van der Waals surface area contributed by atoms with E-state index < -0.39 is 30.0 Å². The molecule has 0 bridgehead atoms. The highest BCUT2D eigenvalue weighted by Gasteiger charge is 2.65. The molecule has 8 heteroatoms. The van der Waals surface area contributed by atoms with E-state index in [0.717, 1.165) is 0 Å². The average molecular weight is 361 g/mol. The second-order valence-corrected chi connectivity index (χ2v) is 6.52. The monoisotopic (exact) mass is 361 g/mol. The van der Waals surface area contributed by atoms with Crippen LogP contribution in [0.2, 0.25) is 0 Å². The lowest BCUT2D eigenvalue weighted by Gasteiger charge is -2.38. The molecule has 0 unspecified atom stereocenters. The van der Waals surface area contributed by atoms with Gasteiger partial charge in [0.25, 0.3) is 0 Å². The Morgan fingerprint density at radius 1 is 1.24 bits per heavy atom. The zero-order valence-corrected chi connectivity index (χ0v) is 14.4. The summed E-state index contributed by atoms with van der Waals surface area (Å²) in [6, 6.07) is 4.86. The summed E-state index contributed by atoms with van der Waals surface area (Å²) in [7, 11) is 3.06. The highest BCUT2D eigenvalue weighted by Crippen LogP contribution is 2.53. The van der Waals surface area contributed by atoms with Gasteiger partial charge < -0.3 is 14.4 Å². The normalized spacial score (nSPS) is 32.1. The van der Waals surface area contributed by atoms with Crippen molar-refractivity contribution in [2.75, 3.05) is 25.7 Å². The molecule has 2 aliphatic rings. The van der Waals surface area contributed by atoms with Crippen LogP contribution in [0.5, 0.6) is 5.75 Å². The number of hydrogen-bond acceptors (Lipinski definition) is 5.